The average molecular weight is 423 g/mol. The summed E-state index contributed by atoms with van der Waals surface area (Å²) in [6.07, 6.45) is 3.45. The number of anilines is 1. The van der Waals surface area contributed by atoms with Crippen LogP contribution >= 0.6 is 0 Å². The van der Waals surface area contributed by atoms with Crippen LogP contribution in [0.5, 0.6) is 0 Å². The largest absolute Gasteiger partial charge is 0.334 e. The summed E-state index contributed by atoms with van der Waals surface area (Å²) < 4.78 is 27.2. The lowest BCUT2D eigenvalue weighted by Gasteiger charge is -2.20. The first-order valence-corrected chi connectivity index (χ1v) is 11.3. The second-order valence-electron chi connectivity index (χ2n) is 7.99. The van der Waals surface area contributed by atoms with Crippen LogP contribution in [-0.4, -0.2) is 42.9 Å². The van der Waals surface area contributed by atoms with E-state index >= 15 is 0 Å². The molecule has 8 heteroatoms. The molecule has 1 saturated carbocycles. The third-order valence-corrected chi connectivity index (χ3v) is 7.89. The molecule has 1 aromatic heterocycles. The van der Waals surface area contributed by atoms with Gasteiger partial charge in [-0.3, -0.25) is 4.98 Å². The topological polar surface area (TPSA) is 91.4 Å². The quantitative estimate of drug-likeness (QED) is 0.676. The number of urea groups is 1. The summed E-state index contributed by atoms with van der Waals surface area (Å²) in [5, 5.41) is 7.79. The number of fused-ring (bicyclic) bond motifs is 2. The number of aryl methyl sites for hydroxylation is 1. The lowest BCUT2D eigenvalue weighted by Crippen LogP contribution is -2.39. The van der Waals surface area contributed by atoms with Crippen molar-refractivity contribution in [2.45, 2.75) is 17.9 Å². The lowest BCUT2D eigenvalue weighted by molar-refractivity contribution is 0.250. The number of benzene rings is 2. The van der Waals surface area contributed by atoms with Crippen LogP contribution in [0.25, 0.3) is 10.8 Å². The molecule has 0 spiro atoms. The zero-order valence-electron chi connectivity index (χ0n) is 16.4. The fraction of sp³-hybridized carbons (Fsp3) is 0.273. The molecule has 5 rings (SSSR count). The van der Waals surface area contributed by atoms with Crippen molar-refractivity contribution in [1.82, 2.24) is 14.6 Å². The number of sulfonamides is 1. The highest BCUT2D eigenvalue weighted by atomic mass is 32.2. The molecule has 2 N–H and O–H groups in total. The minimum Gasteiger partial charge on any atom is -0.334 e. The van der Waals surface area contributed by atoms with Crippen LogP contribution in [0.15, 0.2) is 65.8 Å². The van der Waals surface area contributed by atoms with Crippen LogP contribution in [0.4, 0.5) is 10.5 Å². The summed E-state index contributed by atoms with van der Waals surface area (Å²) in [4.78, 5) is 16.9. The fourth-order valence-electron chi connectivity index (χ4n) is 4.30. The SMILES string of the molecule is Cc1ccc(S(=O)(=O)N2CC3C(C2)C3NC(=O)Nc2cccc3cnccc23)cc1. The Bertz CT molecular complexity index is 1210. The molecule has 154 valence electrons. The Balaban J connectivity index is 1.21. The van der Waals surface area contributed by atoms with Gasteiger partial charge in [-0.2, -0.15) is 4.31 Å². The van der Waals surface area contributed by atoms with Gasteiger partial charge in [0.15, 0.2) is 0 Å². The Morgan fingerprint density at radius 2 is 1.80 bits per heavy atom. The Labute approximate surface area is 175 Å². The zero-order valence-corrected chi connectivity index (χ0v) is 17.3. The van der Waals surface area contributed by atoms with E-state index in [0.29, 0.717) is 18.0 Å². The van der Waals surface area contributed by atoms with Crippen molar-refractivity contribution in [2.24, 2.45) is 11.8 Å². The van der Waals surface area contributed by atoms with Gasteiger partial charge in [0.1, 0.15) is 0 Å². The van der Waals surface area contributed by atoms with E-state index in [2.05, 4.69) is 15.6 Å². The van der Waals surface area contributed by atoms with E-state index in [1.165, 1.54) is 4.31 Å². The molecule has 1 saturated heterocycles. The third kappa shape index (κ3) is 3.32. The number of nitrogens with zero attached hydrogens (tertiary/aromatic N) is 2. The number of amides is 2. The van der Waals surface area contributed by atoms with Crippen LogP contribution in [-0.2, 0) is 10.0 Å². The van der Waals surface area contributed by atoms with Crippen molar-refractivity contribution in [3.05, 3.63) is 66.5 Å². The third-order valence-electron chi connectivity index (χ3n) is 6.05. The molecular weight excluding hydrogens is 400 g/mol. The molecule has 30 heavy (non-hydrogen) atoms. The van der Waals surface area contributed by atoms with Crippen molar-refractivity contribution in [3.63, 3.8) is 0 Å². The maximum absolute atomic E-state index is 12.8. The van der Waals surface area contributed by atoms with E-state index in [1.54, 1.807) is 24.5 Å². The minimum absolute atomic E-state index is 0.00566. The van der Waals surface area contributed by atoms with Crippen LogP contribution < -0.4 is 10.6 Å². The summed E-state index contributed by atoms with van der Waals surface area (Å²) >= 11 is 0. The molecule has 2 amide bonds. The highest BCUT2D eigenvalue weighted by Gasteiger charge is 2.58. The van der Waals surface area contributed by atoms with Crippen molar-refractivity contribution < 1.29 is 13.2 Å². The van der Waals surface area contributed by atoms with Crippen LogP contribution in [0.2, 0.25) is 0 Å². The summed E-state index contributed by atoms with van der Waals surface area (Å²) in [7, 11) is -3.48. The van der Waals surface area contributed by atoms with Gasteiger partial charge in [0.2, 0.25) is 10.0 Å². The number of hydrogen-bond donors (Lipinski definition) is 2. The van der Waals surface area contributed by atoms with E-state index < -0.39 is 10.0 Å². The first kappa shape index (κ1) is 19.0. The van der Waals surface area contributed by atoms with Crippen LogP contribution in [0.3, 0.4) is 0 Å². The molecule has 2 aromatic carbocycles. The number of aromatic nitrogens is 1. The second kappa shape index (κ2) is 7.07. The van der Waals surface area contributed by atoms with Crippen LogP contribution in [0.1, 0.15) is 5.56 Å². The first-order chi connectivity index (χ1) is 14.4. The highest BCUT2D eigenvalue weighted by molar-refractivity contribution is 7.89. The van der Waals surface area contributed by atoms with Crippen LogP contribution in [0, 0.1) is 18.8 Å². The monoisotopic (exact) mass is 422 g/mol. The van der Waals surface area contributed by atoms with Gasteiger partial charge in [-0.25, -0.2) is 13.2 Å². The summed E-state index contributed by atoms with van der Waals surface area (Å²) in [5.74, 6) is 0.320. The number of rotatable bonds is 4. The van der Waals surface area contributed by atoms with E-state index in [1.807, 2.05) is 43.3 Å². The van der Waals surface area contributed by atoms with Crippen molar-refractivity contribution in [1.29, 1.82) is 0 Å². The minimum atomic E-state index is -3.48. The summed E-state index contributed by atoms with van der Waals surface area (Å²) in [6.45, 7) is 2.80. The van der Waals surface area contributed by atoms with Gasteiger partial charge in [-0.05, 0) is 43.0 Å². The van der Waals surface area contributed by atoms with Crippen molar-refractivity contribution >= 4 is 32.5 Å². The molecule has 1 aliphatic carbocycles. The van der Waals surface area contributed by atoms with E-state index in [-0.39, 0.29) is 23.9 Å². The number of nitrogens with one attached hydrogen (secondary N) is 2. The number of pyridine rings is 1. The van der Waals surface area contributed by atoms with Crippen molar-refractivity contribution in [3.8, 4) is 0 Å². The first-order valence-electron chi connectivity index (χ1n) is 9.90. The molecule has 2 atom stereocenters. The Morgan fingerprint density at radius 1 is 1.07 bits per heavy atom. The van der Waals surface area contributed by atoms with Gasteiger partial charge in [-0.1, -0.05) is 29.8 Å². The fourth-order valence-corrected chi connectivity index (χ4v) is 5.81. The maximum atomic E-state index is 12.8. The average Bonchev–Trinajstić information content (AvgIpc) is 3.16. The van der Waals surface area contributed by atoms with Gasteiger partial charge in [0.05, 0.1) is 10.6 Å². The predicted octanol–water partition coefficient (Wildman–Crippen LogP) is 2.98. The smallest absolute Gasteiger partial charge is 0.319 e. The molecule has 2 unspecified atom stereocenters. The highest BCUT2D eigenvalue weighted by Crippen LogP contribution is 2.47. The van der Waals surface area contributed by atoms with Gasteiger partial charge in [0.25, 0.3) is 0 Å². The van der Waals surface area contributed by atoms with E-state index in [9.17, 15) is 13.2 Å². The van der Waals surface area contributed by atoms with E-state index in [0.717, 1.165) is 22.0 Å². The Kier molecular flexibility index (Phi) is 4.48. The number of carbonyl (C=O) groups is 1. The molecule has 1 aliphatic heterocycles. The molecule has 3 aromatic rings. The molecule has 0 bridgehead atoms. The van der Waals surface area contributed by atoms with Crippen molar-refractivity contribution in [2.75, 3.05) is 18.4 Å². The van der Waals surface area contributed by atoms with Gasteiger partial charge >= 0.3 is 6.03 Å². The lowest BCUT2D eigenvalue weighted by atomic mass is 10.1. The number of piperidine rings is 1. The molecule has 2 heterocycles. The standard InChI is InChI=1S/C22H22N4O3S/c1-14-5-7-16(8-6-14)30(28,29)26-12-18-19(13-26)21(18)25-22(27)24-20-4-2-3-15-11-23-10-9-17(15)20/h2-11,18-19,21H,12-13H2,1H3,(H2,24,25,27). The summed E-state index contributed by atoms with van der Waals surface area (Å²) in [6, 6.07) is 14.2. The van der Waals surface area contributed by atoms with E-state index in [4.69, 9.17) is 0 Å². The molecular formula is C22H22N4O3S. The molecule has 7 nitrogen and oxygen atoms in total. The van der Waals surface area contributed by atoms with Gasteiger partial charge in [0, 0.05) is 42.3 Å². The summed E-state index contributed by atoms with van der Waals surface area (Å²) in [5.41, 5.74) is 1.75. The number of carbonyl (C=O) groups excluding carboxylic acids is 1. The maximum Gasteiger partial charge on any atom is 0.319 e. The van der Waals surface area contributed by atoms with Gasteiger partial charge in [-0.15, -0.1) is 0 Å². The Hall–Kier alpha value is -2.97. The Morgan fingerprint density at radius 3 is 2.53 bits per heavy atom. The number of hydrogen-bond acceptors (Lipinski definition) is 4. The normalized spacial score (nSPS) is 23.2. The zero-order chi connectivity index (χ0) is 20.9. The second-order valence-corrected chi connectivity index (χ2v) is 9.93. The predicted molar refractivity (Wildman–Crippen MR) is 115 cm³/mol. The molecule has 2 aliphatic rings. The molecule has 2 fully saturated rings. The molecule has 0 radical (unpaired) electrons. The van der Waals surface area contributed by atoms with Gasteiger partial charge < -0.3 is 10.6 Å².